The molecule has 0 aliphatic rings. The molecular formula is C62H40N4. The molecule has 13 aromatic rings. The van der Waals surface area contributed by atoms with Gasteiger partial charge in [0.05, 0.1) is 33.5 Å². The largest absolute Gasteiger partial charge is 0.307 e. The molecule has 4 nitrogen and oxygen atoms in total. The van der Waals surface area contributed by atoms with Gasteiger partial charge in [-0.25, -0.2) is 9.97 Å². The van der Waals surface area contributed by atoms with E-state index in [0.29, 0.717) is 5.82 Å². The van der Waals surface area contributed by atoms with Gasteiger partial charge in [0.1, 0.15) is 0 Å². The molecule has 0 unspecified atom stereocenters. The second-order valence-electron chi connectivity index (χ2n) is 17.0. The fourth-order valence-corrected chi connectivity index (χ4v) is 10.0. The average Bonchev–Trinajstić information content (AvgIpc) is 3.92. The number of aromatic nitrogens is 4. The van der Waals surface area contributed by atoms with Gasteiger partial charge in [0.15, 0.2) is 5.82 Å². The molecule has 0 spiro atoms. The zero-order valence-electron chi connectivity index (χ0n) is 35.9. The highest BCUT2D eigenvalue weighted by Gasteiger charge is 2.22. The quantitative estimate of drug-likeness (QED) is 0.160. The van der Waals surface area contributed by atoms with E-state index < -0.39 is 0 Å². The van der Waals surface area contributed by atoms with Gasteiger partial charge in [-0.2, -0.15) is 0 Å². The van der Waals surface area contributed by atoms with Crippen molar-refractivity contribution in [3.05, 3.63) is 243 Å². The van der Waals surface area contributed by atoms with Crippen LogP contribution in [-0.4, -0.2) is 19.1 Å². The lowest BCUT2D eigenvalue weighted by atomic mass is 9.97. The minimum Gasteiger partial charge on any atom is -0.307 e. The maximum absolute atomic E-state index is 5.26. The van der Waals surface area contributed by atoms with E-state index in [9.17, 15) is 0 Å². The molecule has 308 valence electrons. The van der Waals surface area contributed by atoms with Gasteiger partial charge in [-0.3, -0.25) is 0 Å². The van der Waals surface area contributed by atoms with Crippen molar-refractivity contribution in [2.45, 2.75) is 0 Å². The molecule has 0 aliphatic heterocycles. The first kappa shape index (κ1) is 37.7. The molecule has 0 atom stereocenters. The summed E-state index contributed by atoms with van der Waals surface area (Å²) in [6.45, 7) is 0. The molecule has 3 heterocycles. The number of hydrogen-bond acceptors (Lipinski definition) is 2. The highest BCUT2D eigenvalue weighted by Crippen LogP contribution is 2.42. The van der Waals surface area contributed by atoms with Gasteiger partial charge < -0.3 is 9.13 Å². The summed E-state index contributed by atoms with van der Waals surface area (Å²) < 4.78 is 4.90. The molecule has 0 N–H and O–H groups in total. The Morgan fingerprint density at radius 3 is 1.42 bits per heavy atom. The number of para-hydroxylation sites is 2. The maximum atomic E-state index is 5.26. The summed E-state index contributed by atoms with van der Waals surface area (Å²) in [6, 6.07) is 86.9. The third-order valence-corrected chi connectivity index (χ3v) is 13.1. The minimum absolute atomic E-state index is 0.680. The Morgan fingerprint density at radius 1 is 0.273 bits per heavy atom. The van der Waals surface area contributed by atoms with E-state index in [4.69, 9.17) is 9.97 Å². The molecule has 0 radical (unpaired) electrons. The van der Waals surface area contributed by atoms with Crippen LogP contribution in [0, 0.1) is 0 Å². The van der Waals surface area contributed by atoms with E-state index in [1.165, 1.54) is 71.1 Å². The van der Waals surface area contributed by atoms with E-state index in [1.807, 2.05) is 6.07 Å². The van der Waals surface area contributed by atoms with Crippen molar-refractivity contribution in [3.8, 4) is 67.5 Å². The Bertz CT molecular complexity index is 3950. The molecule has 0 bridgehead atoms. The van der Waals surface area contributed by atoms with E-state index >= 15 is 0 Å². The van der Waals surface area contributed by atoms with Gasteiger partial charge >= 0.3 is 0 Å². The molecule has 0 fully saturated rings. The average molecular weight is 841 g/mol. The summed E-state index contributed by atoms with van der Waals surface area (Å²) in [5, 5.41) is 7.34. The Balaban J connectivity index is 0.966. The molecule has 4 heteroatoms. The van der Waals surface area contributed by atoms with Gasteiger partial charge in [-0.1, -0.05) is 188 Å². The Hall–Kier alpha value is -8.86. The lowest BCUT2D eigenvalue weighted by Gasteiger charge is -2.14. The molecule has 0 saturated heterocycles. The minimum atomic E-state index is 0.680. The molecule has 10 aromatic carbocycles. The van der Waals surface area contributed by atoms with Gasteiger partial charge in [0.2, 0.25) is 0 Å². The topological polar surface area (TPSA) is 35.6 Å². The van der Waals surface area contributed by atoms with Crippen LogP contribution in [0.1, 0.15) is 0 Å². The summed E-state index contributed by atoms with van der Waals surface area (Å²) in [5.41, 5.74) is 16.4. The molecule has 0 aliphatic carbocycles. The summed E-state index contributed by atoms with van der Waals surface area (Å²) in [4.78, 5) is 10.5. The summed E-state index contributed by atoms with van der Waals surface area (Å²) >= 11 is 0. The smallest absolute Gasteiger partial charge is 0.160 e. The van der Waals surface area contributed by atoms with Crippen LogP contribution in [0.3, 0.4) is 0 Å². The summed E-state index contributed by atoms with van der Waals surface area (Å²) in [5.74, 6) is 0.680. The van der Waals surface area contributed by atoms with E-state index in [2.05, 4.69) is 246 Å². The Labute approximate surface area is 382 Å². The van der Waals surface area contributed by atoms with E-state index in [0.717, 1.165) is 45.0 Å². The van der Waals surface area contributed by atoms with E-state index in [1.54, 1.807) is 0 Å². The molecule has 66 heavy (non-hydrogen) atoms. The SMILES string of the molecule is c1ccc(-c2cccc(-n3c4ccccc4c4ccc5c6ccccc6n(-c6ccc(-c7nc(-c8ccccc8)cc(-c8ccc(-c9cccc%10ccccc9%10)cc8)n7)cc6)c5c43)c2)cc1. The predicted octanol–water partition coefficient (Wildman–Crippen LogP) is 16.2. The van der Waals surface area contributed by atoms with Crippen molar-refractivity contribution < 1.29 is 0 Å². The first-order chi connectivity index (χ1) is 32.7. The maximum Gasteiger partial charge on any atom is 0.160 e. The van der Waals surface area contributed by atoms with Crippen LogP contribution in [0.15, 0.2) is 243 Å². The third kappa shape index (κ3) is 6.22. The van der Waals surface area contributed by atoms with Crippen LogP contribution >= 0.6 is 0 Å². The normalized spacial score (nSPS) is 11.6. The molecule has 13 rings (SSSR count). The number of rotatable bonds is 7. The molecular weight excluding hydrogens is 801 g/mol. The molecule has 0 saturated carbocycles. The summed E-state index contributed by atoms with van der Waals surface area (Å²) in [6.07, 6.45) is 0. The van der Waals surface area contributed by atoms with Crippen LogP contribution in [0.5, 0.6) is 0 Å². The fraction of sp³-hybridized carbons (Fsp3) is 0. The second kappa shape index (κ2) is 15.4. The zero-order chi connectivity index (χ0) is 43.6. The van der Waals surface area contributed by atoms with Gasteiger partial charge in [0.25, 0.3) is 0 Å². The first-order valence-corrected chi connectivity index (χ1v) is 22.5. The molecule has 3 aromatic heterocycles. The van der Waals surface area contributed by atoms with Crippen molar-refractivity contribution >= 4 is 54.4 Å². The first-order valence-electron chi connectivity index (χ1n) is 22.5. The van der Waals surface area contributed by atoms with Crippen LogP contribution in [0.2, 0.25) is 0 Å². The lowest BCUT2D eigenvalue weighted by Crippen LogP contribution is -1.99. The van der Waals surface area contributed by atoms with Gasteiger partial charge in [0, 0.05) is 49.6 Å². The Kier molecular flexibility index (Phi) is 8.81. The van der Waals surface area contributed by atoms with Crippen LogP contribution in [0.4, 0.5) is 0 Å². The second-order valence-corrected chi connectivity index (χ2v) is 17.0. The number of benzene rings is 10. The van der Waals surface area contributed by atoms with Crippen molar-refractivity contribution in [1.29, 1.82) is 0 Å². The van der Waals surface area contributed by atoms with Crippen molar-refractivity contribution in [3.63, 3.8) is 0 Å². The van der Waals surface area contributed by atoms with Crippen LogP contribution in [-0.2, 0) is 0 Å². The lowest BCUT2D eigenvalue weighted by molar-refractivity contribution is 1.14. The van der Waals surface area contributed by atoms with Crippen molar-refractivity contribution in [2.75, 3.05) is 0 Å². The van der Waals surface area contributed by atoms with Crippen molar-refractivity contribution in [2.24, 2.45) is 0 Å². The predicted molar refractivity (Wildman–Crippen MR) is 275 cm³/mol. The Morgan fingerprint density at radius 2 is 0.758 bits per heavy atom. The third-order valence-electron chi connectivity index (χ3n) is 13.1. The zero-order valence-corrected chi connectivity index (χ0v) is 35.9. The van der Waals surface area contributed by atoms with Crippen molar-refractivity contribution in [1.82, 2.24) is 19.1 Å². The standard InChI is InChI=1S/C62H40N4/c1-3-15-41(16-4-1)47-21-13-22-49(39-47)66-59-28-12-10-25-53(59)55-38-37-54-52-24-9-11-27-58(52)65(60(54)61(55)66)48-35-33-46(34-36-48)62-63-56(44-18-5-2-6-19-44)40-57(64-62)45-31-29-43(30-32-45)51-26-14-20-42-17-7-8-23-50(42)51/h1-40H. The highest BCUT2D eigenvalue weighted by atomic mass is 15.0. The van der Waals surface area contributed by atoms with E-state index in [-0.39, 0.29) is 0 Å². The monoisotopic (exact) mass is 840 g/mol. The highest BCUT2D eigenvalue weighted by molar-refractivity contribution is 6.23. The fourth-order valence-electron chi connectivity index (χ4n) is 10.0. The molecule has 0 amide bonds. The number of hydrogen-bond donors (Lipinski definition) is 0. The summed E-state index contributed by atoms with van der Waals surface area (Å²) in [7, 11) is 0. The van der Waals surface area contributed by atoms with Crippen LogP contribution < -0.4 is 0 Å². The number of fused-ring (bicyclic) bond motifs is 8. The number of nitrogens with zero attached hydrogens (tertiary/aromatic N) is 4. The van der Waals surface area contributed by atoms with Gasteiger partial charge in [-0.05, 0) is 87.6 Å². The van der Waals surface area contributed by atoms with Crippen LogP contribution in [0.25, 0.3) is 122 Å². The van der Waals surface area contributed by atoms with Gasteiger partial charge in [-0.15, -0.1) is 0 Å².